The van der Waals surface area contributed by atoms with Crippen LogP contribution >= 0.6 is 0 Å². The van der Waals surface area contributed by atoms with Crippen LogP contribution in [0.4, 0.5) is 0 Å². The van der Waals surface area contributed by atoms with Crippen molar-refractivity contribution in [2.24, 2.45) is 11.8 Å². The van der Waals surface area contributed by atoms with Gasteiger partial charge in [-0.2, -0.15) is 0 Å². The van der Waals surface area contributed by atoms with Gasteiger partial charge in [0.05, 0.1) is 0 Å². The molecule has 0 amide bonds. The van der Waals surface area contributed by atoms with Crippen LogP contribution in [0.2, 0.25) is 0 Å². The van der Waals surface area contributed by atoms with Crippen LogP contribution in [0.3, 0.4) is 0 Å². The smallest absolute Gasteiger partial charge is 0.328 e. The fourth-order valence-electron chi connectivity index (χ4n) is 1.39. The van der Waals surface area contributed by atoms with Crippen LogP contribution in [0.1, 0.15) is 19.8 Å². The summed E-state index contributed by atoms with van der Waals surface area (Å²) in [4.78, 5) is 10.1. The van der Waals surface area contributed by atoms with Gasteiger partial charge in [0.15, 0.2) is 0 Å². The van der Waals surface area contributed by atoms with Crippen molar-refractivity contribution in [3.8, 4) is 0 Å². The van der Waals surface area contributed by atoms with E-state index in [2.05, 4.69) is 12.2 Å². The quantitative estimate of drug-likeness (QED) is 0.481. The molecule has 3 heteroatoms. The van der Waals surface area contributed by atoms with Crippen LogP contribution in [0, 0.1) is 11.8 Å². The van der Waals surface area contributed by atoms with E-state index in [9.17, 15) is 4.79 Å². The molecule has 0 radical (unpaired) electrons. The first-order valence-corrected chi connectivity index (χ1v) is 4.80. The topological polar surface area (TPSA) is 49.3 Å². The number of carboxylic acids is 1. The van der Waals surface area contributed by atoms with Crippen LogP contribution in [0.25, 0.3) is 0 Å². The Labute approximate surface area is 78.8 Å². The lowest BCUT2D eigenvalue weighted by Gasteiger charge is -2.09. The van der Waals surface area contributed by atoms with Gasteiger partial charge >= 0.3 is 5.97 Å². The van der Waals surface area contributed by atoms with Gasteiger partial charge in [-0.15, -0.1) is 0 Å². The van der Waals surface area contributed by atoms with Crippen LogP contribution < -0.4 is 5.32 Å². The van der Waals surface area contributed by atoms with Crippen molar-refractivity contribution in [2.45, 2.75) is 19.8 Å². The van der Waals surface area contributed by atoms with Crippen molar-refractivity contribution in [1.82, 2.24) is 5.32 Å². The highest BCUT2D eigenvalue weighted by atomic mass is 16.4. The highest BCUT2D eigenvalue weighted by molar-refractivity contribution is 5.79. The lowest BCUT2D eigenvalue weighted by Crippen LogP contribution is -2.22. The Kier molecular flexibility index (Phi) is 3.96. The highest BCUT2D eigenvalue weighted by Gasteiger charge is 2.26. The van der Waals surface area contributed by atoms with E-state index in [-0.39, 0.29) is 0 Å². The summed E-state index contributed by atoms with van der Waals surface area (Å²) in [5, 5.41) is 11.5. The molecule has 1 saturated carbocycles. The Balaban J connectivity index is 1.96. The molecular weight excluding hydrogens is 166 g/mol. The van der Waals surface area contributed by atoms with Crippen LogP contribution in [0.5, 0.6) is 0 Å². The third kappa shape index (κ3) is 4.68. The first-order valence-electron chi connectivity index (χ1n) is 4.80. The maximum Gasteiger partial charge on any atom is 0.328 e. The fourth-order valence-corrected chi connectivity index (χ4v) is 1.39. The van der Waals surface area contributed by atoms with Gasteiger partial charge in [-0.25, -0.2) is 4.79 Å². The predicted molar refractivity (Wildman–Crippen MR) is 51.5 cm³/mol. The number of carboxylic acid groups (broad SMARTS) is 1. The van der Waals surface area contributed by atoms with Crippen molar-refractivity contribution in [3.05, 3.63) is 12.2 Å². The summed E-state index contributed by atoms with van der Waals surface area (Å²) in [6.45, 7) is 3.89. The Morgan fingerprint density at radius 2 is 2.38 bits per heavy atom. The molecule has 1 atom stereocenters. The average Bonchev–Trinajstić information content (AvgIpc) is 2.85. The normalized spacial score (nSPS) is 19.2. The van der Waals surface area contributed by atoms with Gasteiger partial charge in [0.2, 0.25) is 0 Å². The largest absolute Gasteiger partial charge is 0.478 e. The molecule has 0 spiro atoms. The third-order valence-corrected chi connectivity index (χ3v) is 2.42. The molecule has 1 aliphatic carbocycles. The molecule has 0 aromatic heterocycles. The molecular formula is C10H17NO2. The average molecular weight is 183 g/mol. The Morgan fingerprint density at radius 1 is 1.69 bits per heavy atom. The molecule has 1 aliphatic rings. The number of carbonyl (C=O) groups is 1. The minimum atomic E-state index is -0.878. The summed E-state index contributed by atoms with van der Waals surface area (Å²) in [5.41, 5.74) is 0. The Hall–Kier alpha value is -0.830. The minimum absolute atomic E-state index is 0.656. The predicted octanol–water partition coefficient (Wildman–Crippen LogP) is 1.26. The lowest BCUT2D eigenvalue weighted by molar-refractivity contribution is -0.131. The summed E-state index contributed by atoms with van der Waals surface area (Å²) in [6.07, 6.45) is 5.55. The maximum atomic E-state index is 10.1. The van der Waals surface area contributed by atoms with Crippen LogP contribution in [0.15, 0.2) is 12.2 Å². The van der Waals surface area contributed by atoms with E-state index in [1.807, 2.05) is 0 Å². The van der Waals surface area contributed by atoms with E-state index in [1.165, 1.54) is 18.9 Å². The molecule has 1 rings (SSSR count). The monoisotopic (exact) mass is 183 g/mol. The van der Waals surface area contributed by atoms with Crippen molar-refractivity contribution >= 4 is 5.97 Å². The van der Waals surface area contributed by atoms with Gasteiger partial charge in [-0.05, 0) is 31.2 Å². The van der Waals surface area contributed by atoms with E-state index >= 15 is 0 Å². The molecule has 2 N–H and O–H groups in total. The Bertz CT molecular complexity index is 197. The number of nitrogens with one attached hydrogen (secondary N) is 1. The first-order chi connectivity index (χ1) is 6.20. The van der Waals surface area contributed by atoms with Crippen LogP contribution in [-0.4, -0.2) is 24.2 Å². The summed E-state index contributed by atoms with van der Waals surface area (Å²) in [6, 6.07) is 0. The molecule has 0 saturated heterocycles. The second kappa shape index (κ2) is 5.02. The van der Waals surface area contributed by atoms with E-state index < -0.39 is 5.97 Å². The zero-order valence-electron chi connectivity index (χ0n) is 7.99. The molecule has 13 heavy (non-hydrogen) atoms. The van der Waals surface area contributed by atoms with Crippen molar-refractivity contribution in [3.63, 3.8) is 0 Å². The number of aliphatic carboxylic acids is 1. The third-order valence-electron chi connectivity index (χ3n) is 2.42. The number of rotatable bonds is 6. The zero-order chi connectivity index (χ0) is 9.68. The Morgan fingerprint density at radius 3 is 2.92 bits per heavy atom. The van der Waals surface area contributed by atoms with E-state index in [4.69, 9.17) is 5.11 Å². The minimum Gasteiger partial charge on any atom is -0.478 e. The van der Waals surface area contributed by atoms with Gasteiger partial charge in [0, 0.05) is 12.6 Å². The van der Waals surface area contributed by atoms with Gasteiger partial charge in [-0.3, -0.25) is 0 Å². The summed E-state index contributed by atoms with van der Waals surface area (Å²) in [5.74, 6) is 0.770. The molecule has 74 valence electrons. The molecule has 3 nitrogen and oxygen atoms in total. The second-order valence-electron chi connectivity index (χ2n) is 3.71. The molecule has 0 heterocycles. The molecule has 0 aromatic carbocycles. The summed E-state index contributed by atoms with van der Waals surface area (Å²) < 4.78 is 0. The molecule has 0 aliphatic heterocycles. The van der Waals surface area contributed by atoms with E-state index in [0.29, 0.717) is 6.54 Å². The van der Waals surface area contributed by atoms with Gasteiger partial charge in [0.25, 0.3) is 0 Å². The molecule has 0 bridgehead atoms. The highest BCUT2D eigenvalue weighted by Crippen LogP contribution is 2.35. The molecule has 0 aromatic rings. The summed E-state index contributed by atoms with van der Waals surface area (Å²) in [7, 11) is 0. The van der Waals surface area contributed by atoms with Crippen molar-refractivity contribution in [1.29, 1.82) is 0 Å². The van der Waals surface area contributed by atoms with E-state index in [0.717, 1.165) is 18.4 Å². The zero-order valence-corrected chi connectivity index (χ0v) is 7.99. The SMILES string of the molecule is CC(CNC/C=C/C(=O)O)C1CC1. The number of hydrogen-bond donors (Lipinski definition) is 2. The van der Waals surface area contributed by atoms with Crippen molar-refractivity contribution < 1.29 is 9.90 Å². The maximum absolute atomic E-state index is 10.1. The molecule has 1 fully saturated rings. The molecule has 1 unspecified atom stereocenters. The lowest BCUT2D eigenvalue weighted by atomic mass is 10.1. The number of hydrogen-bond acceptors (Lipinski definition) is 2. The van der Waals surface area contributed by atoms with Gasteiger partial charge in [0.1, 0.15) is 0 Å². The fraction of sp³-hybridized carbons (Fsp3) is 0.700. The van der Waals surface area contributed by atoms with E-state index in [1.54, 1.807) is 6.08 Å². The van der Waals surface area contributed by atoms with Crippen LogP contribution in [-0.2, 0) is 4.79 Å². The van der Waals surface area contributed by atoms with Gasteiger partial charge in [-0.1, -0.05) is 13.0 Å². The standard InChI is InChI=1S/C10H17NO2/c1-8(9-4-5-9)7-11-6-2-3-10(12)13/h2-3,8-9,11H,4-7H2,1H3,(H,12,13)/b3-2+. The second-order valence-corrected chi connectivity index (χ2v) is 3.71. The summed E-state index contributed by atoms with van der Waals surface area (Å²) >= 11 is 0. The van der Waals surface area contributed by atoms with Crippen molar-refractivity contribution in [2.75, 3.05) is 13.1 Å². The van der Waals surface area contributed by atoms with Gasteiger partial charge < -0.3 is 10.4 Å². The first kappa shape index (κ1) is 10.3.